The Morgan fingerprint density at radius 2 is 1.77 bits per heavy atom. The summed E-state index contributed by atoms with van der Waals surface area (Å²) >= 11 is 0. The highest BCUT2D eigenvalue weighted by Crippen LogP contribution is 2.49. The van der Waals surface area contributed by atoms with Crippen molar-refractivity contribution in [1.82, 2.24) is 0 Å². The molecule has 0 nitrogen and oxygen atoms in total. The van der Waals surface area contributed by atoms with E-state index in [0.717, 1.165) is 5.92 Å². The third kappa shape index (κ3) is 1.45. The van der Waals surface area contributed by atoms with Crippen molar-refractivity contribution >= 4 is 0 Å². The smallest absolute Gasteiger partial charge is 0.0116 e. The average Bonchev–Trinajstić information content (AvgIpc) is 2.13. The number of allylic oxidation sites excluding steroid dienone is 2. The highest BCUT2D eigenvalue weighted by atomic mass is 14.4. The van der Waals surface area contributed by atoms with E-state index < -0.39 is 0 Å². The number of hydrogen-bond donors (Lipinski definition) is 0. The molecule has 2 aliphatic rings. The lowest BCUT2D eigenvalue weighted by Gasteiger charge is -2.42. The molecule has 0 amide bonds. The molecule has 1 atom stereocenters. The lowest BCUT2D eigenvalue weighted by atomic mass is 9.63. The van der Waals surface area contributed by atoms with Crippen molar-refractivity contribution < 1.29 is 0 Å². The van der Waals surface area contributed by atoms with Gasteiger partial charge in [-0.05, 0) is 49.9 Å². The van der Waals surface area contributed by atoms with Crippen molar-refractivity contribution in [2.24, 2.45) is 11.3 Å². The van der Waals surface area contributed by atoms with Gasteiger partial charge >= 0.3 is 0 Å². The van der Waals surface area contributed by atoms with Gasteiger partial charge in [0.2, 0.25) is 0 Å². The first-order valence-corrected chi connectivity index (χ1v) is 5.83. The van der Waals surface area contributed by atoms with Gasteiger partial charge in [-0.25, -0.2) is 0 Å². The molecule has 2 aliphatic carbocycles. The van der Waals surface area contributed by atoms with Gasteiger partial charge in [-0.2, -0.15) is 0 Å². The summed E-state index contributed by atoms with van der Waals surface area (Å²) in [5.41, 5.74) is 4.17. The minimum Gasteiger partial charge on any atom is -0.0704 e. The van der Waals surface area contributed by atoms with Crippen molar-refractivity contribution in [3.8, 4) is 0 Å². The van der Waals surface area contributed by atoms with Gasteiger partial charge in [-0.3, -0.25) is 0 Å². The van der Waals surface area contributed by atoms with Crippen LogP contribution in [-0.2, 0) is 0 Å². The standard InChI is InChI=1S/C13H22/c1-10-8-9-11-6-4-5-7-12(11)13(10,2)3/h10H,4-9H2,1-3H3. The molecule has 0 aromatic carbocycles. The van der Waals surface area contributed by atoms with Crippen LogP contribution in [0.4, 0.5) is 0 Å². The molecule has 1 unspecified atom stereocenters. The second-order valence-electron chi connectivity index (χ2n) is 5.45. The zero-order valence-electron chi connectivity index (χ0n) is 9.32. The number of hydrogen-bond acceptors (Lipinski definition) is 0. The largest absolute Gasteiger partial charge is 0.0704 e. The van der Waals surface area contributed by atoms with Crippen molar-refractivity contribution in [3.63, 3.8) is 0 Å². The molecule has 74 valence electrons. The van der Waals surface area contributed by atoms with Crippen molar-refractivity contribution in [3.05, 3.63) is 11.1 Å². The van der Waals surface area contributed by atoms with Crippen molar-refractivity contribution in [2.45, 2.75) is 59.3 Å². The first-order valence-electron chi connectivity index (χ1n) is 5.83. The molecule has 0 aromatic rings. The summed E-state index contributed by atoms with van der Waals surface area (Å²) in [5, 5.41) is 0. The van der Waals surface area contributed by atoms with E-state index in [1.54, 1.807) is 0 Å². The van der Waals surface area contributed by atoms with Gasteiger partial charge in [-0.1, -0.05) is 31.9 Å². The van der Waals surface area contributed by atoms with E-state index in [2.05, 4.69) is 20.8 Å². The lowest BCUT2D eigenvalue weighted by Crippen LogP contribution is -2.30. The third-order valence-corrected chi connectivity index (χ3v) is 4.47. The molecule has 0 saturated carbocycles. The summed E-state index contributed by atoms with van der Waals surface area (Å²) in [7, 11) is 0. The maximum absolute atomic E-state index is 2.46. The molecule has 2 rings (SSSR count). The summed E-state index contributed by atoms with van der Waals surface area (Å²) in [6.45, 7) is 7.34. The van der Waals surface area contributed by atoms with Gasteiger partial charge in [0, 0.05) is 0 Å². The van der Waals surface area contributed by atoms with Crippen molar-refractivity contribution in [1.29, 1.82) is 0 Å². The van der Waals surface area contributed by atoms with Crippen LogP contribution >= 0.6 is 0 Å². The fraction of sp³-hybridized carbons (Fsp3) is 0.846. The topological polar surface area (TPSA) is 0 Å². The van der Waals surface area contributed by atoms with E-state index in [0.29, 0.717) is 5.41 Å². The molecule has 0 N–H and O–H groups in total. The molecule has 0 aliphatic heterocycles. The highest BCUT2D eigenvalue weighted by molar-refractivity contribution is 5.26. The molecule has 0 saturated heterocycles. The molecule has 0 aromatic heterocycles. The Balaban J connectivity index is 2.33. The Bertz CT molecular complexity index is 232. The van der Waals surface area contributed by atoms with Gasteiger partial charge < -0.3 is 0 Å². The van der Waals surface area contributed by atoms with E-state index in [4.69, 9.17) is 0 Å². The third-order valence-electron chi connectivity index (χ3n) is 4.47. The maximum Gasteiger partial charge on any atom is -0.0116 e. The van der Waals surface area contributed by atoms with E-state index in [1.807, 2.05) is 11.1 Å². The van der Waals surface area contributed by atoms with Crippen LogP contribution in [-0.4, -0.2) is 0 Å². The molecule has 0 radical (unpaired) electrons. The van der Waals surface area contributed by atoms with Gasteiger partial charge in [-0.15, -0.1) is 0 Å². The Morgan fingerprint density at radius 1 is 1.08 bits per heavy atom. The van der Waals surface area contributed by atoms with Gasteiger partial charge in [0.15, 0.2) is 0 Å². The van der Waals surface area contributed by atoms with E-state index in [-0.39, 0.29) is 0 Å². The first kappa shape index (κ1) is 9.30. The van der Waals surface area contributed by atoms with E-state index in [1.165, 1.54) is 38.5 Å². The fourth-order valence-electron chi connectivity index (χ4n) is 3.07. The lowest BCUT2D eigenvalue weighted by molar-refractivity contribution is 0.232. The van der Waals surface area contributed by atoms with Crippen LogP contribution in [0.2, 0.25) is 0 Å². The maximum atomic E-state index is 2.46. The van der Waals surface area contributed by atoms with Crippen molar-refractivity contribution in [2.75, 3.05) is 0 Å². The van der Waals surface area contributed by atoms with Gasteiger partial charge in [0.25, 0.3) is 0 Å². The summed E-state index contributed by atoms with van der Waals surface area (Å²) in [5.74, 6) is 0.893. The molecule has 0 fully saturated rings. The molecule has 13 heavy (non-hydrogen) atoms. The van der Waals surface area contributed by atoms with E-state index >= 15 is 0 Å². The molecular weight excluding hydrogens is 156 g/mol. The van der Waals surface area contributed by atoms with Crippen LogP contribution in [0.15, 0.2) is 11.1 Å². The second-order valence-corrected chi connectivity index (χ2v) is 5.45. The molecule has 0 spiro atoms. The van der Waals surface area contributed by atoms with E-state index in [9.17, 15) is 0 Å². The van der Waals surface area contributed by atoms with Crippen LogP contribution in [0, 0.1) is 11.3 Å². The molecule has 0 bridgehead atoms. The van der Waals surface area contributed by atoms with Gasteiger partial charge in [0.1, 0.15) is 0 Å². The van der Waals surface area contributed by atoms with Crippen LogP contribution in [0.25, 0.3) is 0 Å². The quantitative estimate of drug-likeness (QED) is 0.485. The second kappa shape index (κ2) is 3.15. The van der Waals surface area contributed by atoms with Crippen LogP contribution in [0.3, 0.4) is 0 Å². The molecule has 0 heterocycles. The molecular formula is C13H22. The van der Waals surface area contributed by atoms with Crippen LogP contribution in [0.1, 0.15) is 59.3 Å². The Labute approximate surface area is 82.4 Å². The summed E-state index contributed by atoms with van der Waals surface area (Å²) in [4.78, 5) is 0. The first-order chi connectivity index (χ1) is 6.12. The van der Waals surface area contributed by atoms with Gasteiger partial charge in [0.05, 0.1) is 0 Å². The Morgan fingerprint density at radius 3 is 2.54 bits per heavy atom. The average molecular weight is 178 g/mol. The SMILES string of the molecule is CC1CCC2=C(CCCC2)C1(C)C. The number of rotatable bonds is 0. The normalized spacial score (nSPS) is 33.0. The molecule has 0 heteroatoms. The summed E-state index contributed by atoms with van der Waals surface area (Å²) in [6.07, 6.45) is 8.52. The predicted molar refractivity (Wildman–Crippen MR) is 57.7 cm³/mol. The highest BCUT2D eigenvalue weighted by Gasteiger charge is 2.35. The zero-order valence-corrected chi connectivity index (χ0v) is 9.32. The van der Waals surface area contributed by atoms with Crippen LogP contribution < -0.4 is 0 Å². The Hall–Kier alpha value is -0.260. The predicted octanol–water partition coefficient (Wildman–Crippen LogP) is 4.31. The zero-order chi connectivity index (χ0) is 9.47. The minimum atomic E-state index is 0.508. The Kier molecular flexibility index (Phi) is 2.25. The monoisotopic (exact) mass is 178 g/mol. The summed E-state index contributed by atoms with van der Waals surface area (Å²) < 4.78 is 0. The summed E-state index contributed by atoms with van der Waals surface area (Å²) in [6, 6.07) is 0. The fourth-order valence-corrected chi connectivity index (χ4v) is 3.07. The minimum absolute atomic E-state index is 0.508. The van der Waals surface area contributed by atoms with Crippen LogP contribution in [0.5, 0.6) is 0 Å².